The zero-order valence-electron chi connectivity index (χ0n) is 9.69. The first-order chi connectivity index (χ1) is 7.93. The van der Waals surface area contributed by atoms with Crippen molar-refractivity contribution < 1.29 is 4.74 Å². The highest BCUT2D eigenvalue weighted by Crippen LogP contribution is 2.07. The standard InChI is InChI=1S/C11H20N2OS2/c12-2-1-3-13-4-8-15-10-6-14-7-11-16-9-5-13/h1,3-11H2. The molecule has 0 amide bonds. The van der Waals surface area contributed by atoms with Crippen molar-refractivity contribution in [3.05, 3.63) is 0 Å². The summed E-state index contributed by atoms with van der Waals surface area (Å²) >= 11 is 3.90. The highest BCUT2D eigenvalue weighted by Gasteiger charge is 2.05. The molecule has 1 aliphatic heterocycles. The van der Waals surface area contributed by atoms with E-state index in [2.05, 4.69) is 11.0 Å². The molecule has 0 radical (unpaired) electrons. The molecule has 3 nitrogen and oxygen atoms in total. The molecule has 1 aliphatic rings. The topological polar surface area (TPSA) is 36.3 Å². The smallest absolute Gasteiger partial charge is 0.0635 e. The first kappa shape index (κ1) is 14.2. The number of rotatable bonds is 2. The van der Waals surface area contributed by atoms with Gasteiger partial charge in [-0.15, -0.1) is 0 Å². The van der Waals surface area contributed by atoms with E-state index in [1.165, 1.54) is 0 Å². The van der Waals surface area contributed by atoms with Crippen molar-refractivity contribution in [3.63, 3.8) is 0 Å². The SMILES string of the molecule is N#CCCN1CCSCCOCCSCC1. The van der Waals surface area contributed by atoms with E-state index in [1.54, 1.807) is 0 Å². The predicted molar refractivity (Wildman–Crippen MR) is 72.1 cm³/mol. The number of nitrogens with zero attached hydrogens (tertiary/aromatic N) is 2. The number of hydrogen-bond donors (Lipinski definition) is 0. The van der Waals surface area contributed by atoms with E-state index in [1.807, 2.05) is 23.5 Å². The summed E-state index contributed by atoms with van der Waals surface area (Å²) in [6.45, 7) is 4.89. The van der Waals surface area contributed by atoms with E-state index in [0.717, 1.165) is 55.9 Å². The molecule has 0 spiro atoms. The van der Waals surface area contributed by atoms with Crippen LogP contribution in [0.25, 0.3) is 0 Å². The zero-order valence-corrected chi connectivity index (χ0v) is 11.3. The van der Waals surface area contributed by atoms with Crippen molar-refractivity contribution in [2.45, 2.75) is 6.42 Å². The van der Waals surface area contributed by atoms with Gasteiger partial charge < -0.3 is 9.64 Å². The molecular formula is C11H20N2OS2. The Hall–Kier alpha value is 0.110. The molecule has 0 bridgehead atoms. The molecule has 1 fully saturated rings. The molecule has 0 aliphatic carbocycles. The van der Waals surface area contributed by atoms with Crippen LogP contribution in [0.4, 0.5) is 0 Å². The normalized spacial score (nSPS) is 21.7. The third kappa shape index (κ3) is 7.39. The van der Waals surface area contributed by atoms with Gasteiger partial charge in [-0.25, -0.2) is 0 Å². The monoisotopic (exact) mass is 260 g/mol. The Morgan fingerprint density at radius 1 is 1.06 bits per heavy atom. The van der Waals surface area contributed by atoms with E-state index in [4.69, 9.17) is 10.00 Å². The predicted octanol–water partition coefficient (Wildman–Crippen LogP) is 1.70. The molecule has 1 rings (SSSR count). The molecule has 5 heteroatoms. The van der Waals surface area contributed by atoms with Crippen LogP contribution < -0.4 is 0 Å². The van der Waals surface area contributed by atoms with Gasteiger partial charge in [0.05, 0.1) is 19.3 Å². The van der Waals surface area contributed by atoms with E-state index < -0.39 is 0 Å². The van der Waals surface area contributed by atoms with Gasteiger partial charge in [-0.05, 0) is 0 Å². The summed E-state index contributed by atoms with van der Waals surface area (Å²) in [6, 6.07) is 2.23. The minimum absolute atomic E-state index is 0.651. The minimum Gasteiger partial charge on any atom is -0.380 e. The van der Waals surface area contributed by atoms with Gasteiger partial charge in [0.15, 0.2) is 0 Å². The van der Waals surface area contributed by atoms with Crippen LogP contribution in [0, 0.1) is 11.3 Å². The maximum atomic E-state index is 8.60. The Labute approximate surface area is 107 Å². The van der Waals surface area contributed by atoms with Crippen LogP contribution in [0.3, 0.4) is 0 Å². The molecule has 0 aromatic heterocycles. The second-order valence-electron chi connectivity index (χ2n) is 3.59. The fourth-order valence-corrected chi connectivity index (χ4v) is 3.13. The molecule has 0 N–H and O–H groups in total. The molecule has 1 heterocycles. The molecular weight excluding hydrogens is 240 g/mol. The molecule has 0 aromatic rings. The van der Waals surface area contributed by atoms with Crippen LogP contribution in [0.5, 0.6) is 0 Å². The molecule has 0 unspecified atom stereocenters. The molecule has 0 atom stereocenters. The third-order valence-corrected chi connectivity index (χ3v) is 4.24. The number of ether oxygens (including phenoxy) is 1. The summed E-state index contributed by atoms with van der Waals surface area (Å²) in [5.41, 5.74) is 0. The largest absolute Gasteiger partial charge is 0.380 e. The van der Waals surface area contributed by atoms with Gasteiger partial charge in [0.2, 0.25) is 0 Å². The van der Waals surface area contributed by atoms with Crippen molar-refractivity contribution in [2.24, 2.45) is 0 Å². The number of nitriles is 1. The van der Waals surface area contributed by atoms with Crippen LogP contribution in [-0.4, -0.2) is 60.8 Å². The Kier molecular flexibility index (Phi) is 9.10. The Morgan fingerprint density at radius 2 is 1.69 bits per heavy atom. The van der Waals surface area contributed by atoms with Gasteiger partial charge in [0.25, 0.3) is 0 Å². The van der Waals surface area contributed by atoms with Crippen molar-refractivity contribution in [2.75, 3.05) is 55.9 Å². The van der Waals surface area contributed by atoms with Gasteiger partial charge >= 0.3 is 0 Å². The number of hydrogen-bond acceptors (Lipinski definition) is 5. The summed E-state index contributed by atoms with van der Waals surface area (Å²) < 4.78 is 5.50. The Morgan fingerprint density at radius 3 is 2.25 bits per heavy atom. The van der Waals surface area contributed by atoms with Gasteiger partial charge in [-0.3, -0.25) is 0 Å². The Bertz CT molecular complexity index is 197. The van der Waals surface area contributed by atoms with Gasteiger partial charge in [-0.1, -0.05) is 0 Å². The summed E-state index contributed by atoms with van der Waals surface area (Å²) in [5.74, 6) is 4.49. The fraction of sp³-hybridized carbons (Fsp3) is 0.909. The van der Waals surface area contributed by atoms with E-state index in [0.29, 0.717) is 6.42 Å². The molecule has 92 valence electrons. The van der Waals surface area contributed by atoms with Crippen LogP contribution in [0.1, 0.15) is 6.42 Å². The van der Waals surface area contributed by atoms with E-state index >= 15 is 0 Å². The van der Waals surface area contributed by atoms with Crippen molar-refractivity contribution in [1.29, 1.82) is 5.26 Å². The molecule has 16 heavy (non-hydrogen) atoms. The van der Waals surface area contributed by atoms with Gasteiger partial charge in [-0.2, -0.15) is 28.8 Å². The maximum absolute atomic E-state index is 8.60. The second-order valence-corrected chi connectivity index (χ2v) is 6.04. The Balaban J connectivity index is 2.22. The summed E-state index contributed by atoms with van der Waals surface area (Å²) in [4.78, 5) is 2.41. The maximum Gasteiger partial charge on any atom is 0.0635 e. The zero-order chi connectivity index (χ0) is 11.5. The van der Waals surface area contributed by atoms with Gasteiger partial charge in [0.1, 0.15) is 0 Å². The average Bonchev–Trinajstić information content (AvgIpc) is 2.28. The quantitative estimate of drug-likeness (QED) is 0.755. The highest BCUT2D eigenvalue weighted by atomic mass is 32.2. The van der Waals surface area contributed by atoms with Crippen LogP contribution in [-0.2, 0) is 4.74 Å². The molecule has 0 saturated carbocycles. The van der Waals surface area contributed by atoms with Crippen LogP contribution >= 0.6 is 23.5 Å². The van der Waals surface area contributed by atoms with E-state index in [9.17, 15) is 0 Å². The lowest BCUT2D eigenvalue weighted by molar-refractivity contribution is 0.167. The lowest BCUT2D eigenvalue weighted by atomic mass is 10.4. The average molecular weight is 260 g/mol. The van der Waals surface area contributed by atoms with Crippen molar-refractivity contribution in [1.82, 2.24) is 4.90 Å². The van der Waals surface area contributed by atoms with Crippen LogP contribution in [0.2, 0.25) is 0 Å². The van der Waals surface area contributed by atoms with Crippen molar-refractivity contribution in [3.8, 4) is 6.07 Å². The lowest BCUT2D eigenvalue weighted by Crippen LogP contribution is -2.30. The molecule has 1 saturated heterocycles. The van der Waals surface area contributed by atoms with Crippen LogP contribution in [0.15, 0.2) is 0 Å². The third-order valence-electron chi connectivity index (χ3n) is 2.39. The summed E-state index contributed by atoms with van der Waals surface area (Å²) in [5, 5.41) is 8.60. The second kappa shape index (κ2) is 10.3. The van der Waals surface area contributed by atoms with Gasteiger partial charge in [0, 0.05) is 49.1 Å². The minimum atomic E-state index is 0.651. The van der Waals surface area contributed by atoms with E-state index in [-0.39, 0.29) is 0 Å². The summed E-state index contributed by atoms with van der Waals surface area (Å²) in [6.07, 6.45) is 0.651. The highest BCUT2D eigenvalue weighted by molar-refractivity contribution is 7.99. The van der Waals surface area contributed by atoms with Crippen molar-refractivity contribution >= 4 is 23.5 Å². The summed E-state index contributed by atoms with van der Waals surface area (Å²) in [7, 11) is 0. The first-order valence-corrected chi connectivity index (χ1v) is 8.07. The first-order valence-electron chi connectivity index (χ1n) is 5.76. The number of thioether (sulfide) groups is 2. The molecule has 0 aromatic carbocycles. The lowest BCUT2D eigenvalue weighted by Gasteiger charge is -2.21. The fourth-order valence-electron chi connectivity index (χ4n) is 1.47.